The van der Waals surface area contributed by atoms with Gasteiger partial charge in [0, 0.05) is 63.4 Å². The number of piperazine rings is 1. The molecule has 1 saturated heterocycles. The van der Waals surface area contributed by atoms with Gasteiger partial charge in [-0.1, -0.05) is 24.3 Å². The van der Waals surface area contributed by atoms with Crippen molar-refractivity contribution in [1.29, 1.82) is 0 Å². The summed E-state index contributed by atoms with van der Waals surface area (Å²) in [7, 11) is 1.86. The second-order valence-electron chi connectivity index (χ2n) is 11.4. The molecule has 1 N–H and O–H groups in total. The van der Waals surface area contributed by atoms with Crippen molar-refractivity contribution in [2.75, 3.05) is 59.4 Å². The fourth-order valence-corrected chi connectivity index (χ4v) is 6.10. The molecule has 1 fully saturated rings. The normalized spacial score (nSPS) is 19.8. The third kappa shape index (κ3) is 6.79. The molecule has 2 atom stereocenters. The first kappa shape index (κ1) is 30.9. The average molecular weight is 621 g/mol. The minimum absolute atomic E-state index is 0.0751. The number of hydrogen-bond acceptors (Lipinski definition) is 9. The maximum Gasteiger partial charge on any atom is 0.288 e. The number of amides is 1. The van der Waals surface area contributed by atoms with Crippen LogP contribution in [0, 0.1) is 6.92 Å². The summed E-state index contributed by atoms with van der Waals surface area (Å²) in [4.78, 5) is 31.8. The van der Waals surface area contributed by atoms with Gasteiger partial charge in [0.05, 0.1) is 32.1 Å². The van der Waals surface area contributed by atoms with E-state index in [2.05, 4.69) is 4.90 Å². The molecular weight excluding hydrogens is 580 g/mol. The van der Waals surface area contributed by atoms with E-state index in [9.17, 15) is 9.59 Å². The molecule has 0 saturated carbocycles. The topological polar surface area (TPSA) is 117 Å². The molecular formula is C33H40N4O8. The number of aliphatic hydroxyl groups is 1. The van der Waals surface area contributed by atoms with E-state index in [1.165, 1.54) is 0 Å². The lowest BCUT2D eigenvalue weighted by Gasteiger charge is -2.36. The monoisotopic (exact) mass is 620 g/mol. The first-order valence-electron chi connectivity index (χ1n) is 15.4. The van der Waals surface area contributed by atoms with Crippen molar-refractivity contribution in [1.82, 2.24) is 19.2 Å². The van der Waals surface area contributed by atoms with Gasteiger partial charge in [-0.2, -0.15) is 0 Å². The molecule has 0 radical (unpaired) electrons. The van der Waals surface area contributed by atoms with Crippen LogP contribution in [0.4, 0.5) is 0 Å². The molecule has 4 heterocycles. The third-order valence-corrected chi connectivity index (χ3v) is 8.51. The lowest BCUT2D eigenvalue weighted by atomic mass is 9.93. The highest BCUT2D eigenvalue weighted by molar-refractivity contribution is 5.92. The van der Waals surface area contributed by atoms with Gasteiger partial charge in [0.25, 0.3) is 11.5 Å². The van der Waals surface area contributed by atoms with E-state index >= 15 is 0 Å². The number of hydrogen-bond donors (Lipinski definition) is 1. The zero-order valence-corrected chi connectivity index (χ0v) is 25.7. The van der Waals surface area contributed by atoms with E-state index in [4.69, 9.17) is 28.8 Å². The second kappa shape index (κ2) is 13.9. The molecule has 3 aliphatic rings. The Kier molecular flexibility index (Phi) is 9.55. The summed E-state index contributed by atoms with van der Waals surface area (Å²) in [5.74, 6) is 1.10. The van der Waals surface area contributed by atoms with Crippen molar-refractivity contribution in [3.8, 4) is 17.2 Å². The SMILES string of the molecule is Cc1c([C@H]2C=C(C(=O)N3CCN(Cc4ccc5c(c4)OCO5)CC3)O[C@@H](OCCOCCO)C2)c(=O)n(-c2ccccc2)n1C. The van der Waals surface area contributed by atoms with E-state index < -0.39 is 12.2 Å². The number of nitrogens with zero attached hydrogens (tertiary/aromatic N) is 4. The molecule has 3 aromatic rings. The molecule has 0 bridgehead atoms. The summed E-state index contributed by atoms with van der Waals surface area (Å²) in [6, 6.07) is 15.5. The number of para-hydroxylation sites is 1. The molecule has 240 valence electrons. The minimum Gasteiger partial charge on any atom is -0.459 e. The number of ether oxygens (including phenoxy) is 5. The standard InChI is InChI=1S/C33H40N4O8/c1-23-31(33(40)37(34(23)2)26-6-4-3-5-7-26)25-19-29(45-30(20-25)42-17-16-41-15-14-38)32(39)36-12-10-35(11-13-36)21-24-8-9-27-28(18-24)44-22-43-27/h3-9,18-19,25,30,38H,10-17,20-22H2,1-2H3/t25-,30+/m0/s1. The molecule has 45 heavy (non-hydrogen) atoms. The Bertz CT molecular complexity index is 1580. The van der Waals surface area contributed by atoms with E-state index in [0.29, 0.717) is 38.2 Å². The van der Waals surface area contributed by atoms with Crippen molar-refractivity contribution >= 4 is 5.91 Å². The van der Waals surface area contributed by atoms with Crippen molar-refractivity contribution in [3.63, 3.8) is 0 Å². The Morgan fingerprint density at radius 1 is 1.00 bits per heavy atom. The highest BCUT2D eigenvalue weighted by atomic mass is 16.7. The number of carbonyl (C=O) groups excluding carboxylic acids is 1. The van der Waals surface area contributed by atoms with Gasteiger partial charge in [0.15, 0.2) is 17.3 Å². The number of benzene rings is 2. The molecule has 12 nitrogen and oxygen atoms in total. The van der Waals surface area contributed by atoms with Gasteiger partial charge in [0.1, 0.15) is 0 Å². The van der Waals surface area contributed by atoms with Crippen molar-refractivity contribution in [3.05, 3.63) is 87.5 Å². The lowest BCUT2D eigenvalue weighted by molar-refractivity contribution is -0.157. The Balaban J connectivity index is 1.18. The molecule has 0 spiro atoms. The number of aromatic nitrogens is 2. The van der Waals surface area contributed by atoms with Gasteiger partial charge in [-0.15, -0.1) is 0 Å². The van der Waals surface area contributed by atoms with Gasteiger partial charge in [-0.3, -0.25) is 19.2 Å². The summed E-state index contributed by atoms with van der Waals surface area (Å²) in [6.45, 7) is 6.04. The molecule has 3 aliphatic heterocycles. The molecule has 1 amide bonds. The first-order valence-corrected chi connectivity index (χ1v) is 15.4. The fourth-order valence-electron chi connectivity index (χ4n) is 6.10. The van der Waals surface area contributed by atoms with Gasteiger partial charge in [0.2, 0.25) is 13.1 Å². The maximum atomic E-state index is 13.8. The van der Waals surface area contributed by atoms with E-state index in [1.54, 1.807) is 15.7 Å². The summed E-state index contributed by atoms with van der Waals surface area (Å²) in [6.07, 6.45) is 1.41. The van der Waals surface area contributed by atoms with Crippen LogP contribution >= 0.6 is 0 Å². The van der Waals surface area contributed by atoms with Crippen LogP contribution in [-0.4, -0.2) is 95.9 Å². The quantitative estimate of drug-likeness (QED) is 0.323. The van der Waals surface area contributed by atoms with Crippen molar-refractivity contribution in [2.45, 2.75) is 32.1 Å². The van der Waals surface area contributed by atoms with Crippen LogP contribution in [0.15, 0.2) is 65.2 Å². The molecule has 0 aliphatic carbocycles. The average Bonchev–Trinajstić information content (AvgIpc) is 3.62. The third-order valence-electron chi connectivity index (χ3n) is 8.51. The Morgan fingerprint density at radius 2 is 1.78 bits per heavy atom. The van der Waals surface area contributed by atoms with Gasteiger partial charge in [-0.05, 0) is 42.8 Å². The second-order valence-corrected chi connectivity index (χ2v) is 11.4. The first-order chi connectivity index (χ1) is 21.9. The largest absolute Gasteiger partial charge is 0.459 e. The number of allylic oxidation sites excluding steroid dienone is 1. The Hall–Kier alpha value is -4.10. The number of fused-ring (bicyclic) bond motifs is 1. The molecule has 1 aromatic heterocycles. The number of aliphatic hydroxyl groups excluding tert-OH is 1. The molecule has 12 heteroatoms. The van der Waals surface area contributed by atoms with Crippen LogP contribution in [0.25, 0.3) is 5.69 Å². The smallest absolute Gasteiger partial charge is 0.288 e. The van der Waals surface area contributed by atoms with Crippen LogP contribution in [0.1, 0.15) is 29.2 Å². The van der Waals surface area contributed by atoms with E-state index in [1.807, 2.05) is 67.2 Å². The summed E-state index contributed by atoms with van der Waals surface area (Å²) >= 11 is 0. The predicted molar refractivity (Wildman–Crippen MR) is 164 cm³/mol. The Labute approximate surface area is 261 Å². The molecule has 0 unspecified atom stereocenters. The van der Waals surface area contributed by atoms with Gasteiger partial charge < -0.3 is 33.7 Å². The van der Waals surface area contributed by atoms with Gasteiger partial charge in [-0.25, -0.2) is 4.68 Å². The van der Waals surface area contributed by atoms with Crippen LogP contribution in [-0.2, 0) is 32.6 Å². The Morgan fingerprint density at radius 3 is 2.56 bits per heavy atom. The highest BCUT2D eigenvalue weighted by Gasteiger charge is 2.35. The van der Waals surface area contributed by atoms with Crippen LogP contribution < -0.4 is 15.0 Å². The van der Waals surface area contributed by atoms with Crippen LogP contribution in [0.5, 0.6) is 11.5 Å². The zero-order chi connectivity index (χ0) is 31.3. The maximum absolute atomic E-state index is 13.8. The van der Waals surface area contributed by atoms with Gasteiger partial charge >= 0.3 is 0 Å². The molecule has 6 rings (SSSR count). The highest BCUT2D eigenvalue weighted by Crippen LogP contribution is 2.34. The minimum atomic E-state index is -0.742. The van der Waals surface area contributed by atoms with E-state index in [-0.39, 0.29) is 50.4 Å². The number of carbonyl (C=O) groups is 1. The predicted octanol–water partition coefficient (Wildman–Crippen LogP) is 2.30. The number of rotatable bonds is 11. The van der Waals surface area contributed by atoms with Crippen LogP contribution in [0.2, 0.25) is 0 Å². The zero-order valence-electron chi connectivity index (χ0n) is 25.7. The summed E-state index contributed by atoms with van der Waals surface area (Å²) in [5.41, 5.74) is 3.16. The lowest BCUT2D eigenvalue weighted by Crippen LogP contribution is -2.49. The van der Waals surface area contributed by atoms with Crippen molar-refractivity contribution in [2.24, 2.45) is 7.05 Å². The summed E-state index contributed by atoms with van der Waals surface area (Å²) < 4.78 is 31.9. The fraction of sp³-hybridized carbons (Fsp3) is 0.455. The summed E-state index contributed by atoms with van der Waals surface area (Å²) in [5, 5.41) is 8.99. The molecule has 2 aromatic carbocycles. The van der Waals surface area contributed by atoms with Crippen molar-refractivity contribution < 1.29 is 33.6 Å². The van der Waals surface area contributed by atoms with E-state index in [0.717, 1.165) is 35.0 Å². The van der Waals surface area contributed by atoms with Crippen LogP contribution in [0.3, 0.4) is 0 Å².